The largest absolute Gasteiger partial charge is 0.391 e. The lowest BCUT2D eigenvalue weighted by atomic mass is 10.2. The van der Waals surface area contributed by atoms with Crippen molar-refractivity contribution in [3.8, 4) is 0 Å². The summed E-state index contributed by atoms with van der Waals surface area (Å²) in [4.78, 5) is 17.9. The zero-order valence-electron chi connectivity index (χ0n) is 12.9. The molecule has 1 saturated heterocycles. The number of aromatic nitrogens is 2. The number of rotatable bonds is 3. The van der Waals surface area contributed by atoms with Crippen molar-refractivity contribution in [2.45, 2.75) is 32.0 Å². The predicted molar refractivity (Wildman–Crippen MR) is 82.8 cm³/mol. The summed E-state index contributed by atoms with van der Waals surface area (Å²) in [5.74, 6) is 0.236. The molecule has 2 N–H and O–H groups in total. The number of aliphatic hydroxyl groups excluding tert-OH is 1. The van der Waals surface area contributed by atoms with Gasteiger partial charge in [-0.25, -0.2) is 9.18 Å². The van der Waals surface area contributed by atoms with Crippen LogP contribution in [0, 0.1) is 12.7 Å². The maximum atomic E-state index is 13.8. The number of β-amino-alcohol motifs (C(OH)–C–C–N with tert-alkyl or cyclic N) is 1. The summed E-state index contributed by atoms with van der Waals surface area (Å²) in [6.45, 7) is 1.82. The van der Waals surface area contributed by atoms with Gasteiger partial charge in [0, 0.05) is 30.1 Å². The fourth-order valence-corrected chi connectivity index (χ4v) is 2.82. The number of carbonyl (C=O) groups excluding carboxylic acids is 1. The molecule has 2 aromatic rings. The van der Waals surface area contributed by atoms with Crippen LogP contribution in [-0.2, 0) is 6.54 Å². The smallest absolute Gasteiger partial charge is 0.318 e. The first-order chi connectivity index (χ1) is 11.4. The van der Waals surface area contributed by atoms with Crippen LogP contribution in [0.4, 0.5) is 9.18 Å². The quantitative estimate of drug-likeness (QED) is 0.881. The molecule has 9 heteroatoms. The Morgan fingerprint density at radius 3 is 3.04 bits per heavy atom. The third-order valence-corrected chi connectivity index (χ3v) is 4.05. The summed E-state index contributed by atoms with van der Waals surface area (Å²) in [5, 5.41) is 16.5. The Balaban J connectivity index is 1.68. The Labute approximate surface area is 142 Å². The summed E-state index contributed by atoms with van der Waals surface area (Å²) in [6, 6.07) is 3.30. The number of nitrogens with one attached hydrogen (secondary N) is 1. The lowest BCUT2D eigenvalue weighted by Crippen LogP contribution is -2.40. The number of benzene rings is 1. The summed E-state index contributed by atoms with van der Waals surface area (Å²) in [7, 11) is 0. The van der Waals surface area contributed by atoms with Crippen LogP contribution in [0.25, 0.3) is 0 Å². The highest BCUT2D eigenvalue weighted by molar-refractivity contribution is 6.30. The minimum atomic E-state index is -0.680. The van der Waals surface area contributed by atoms with Gasteiger partial charge in [0.2, 0.25) is 5.89 Å². The van der Waals surface area contributed by atoms with E-state index in [4.69, 9.17) is 16.1 Å². The molecule has 128 valence electrons. The number of hydrogen-bond acceptors (Lipinski definition) is 5. The molecule has 1 aromatic heterocycles. The van der Waals surface area contributed by atoms with Crippen molar-refractivity contribution in [3.63, 3.8) is 0 Å². The summed E-state index contributed by atoms with van der Waals surface area (Å²) < 4.78 is 18.9. The number of carbonyl (C=O) groups is 1. The number of amides is 2. The highest BCUT2D eigenvalue weighted by Gasteiger charge is 2.38. The van der Waals surface area contributed by atoms with Gasteiger partial charge in [-0.15, -0.1) is 0 Å². The van der Waals surface area contributed by atoms with E-state index in [-0.39, 0.29) is 24.0 Å². The molecule has 2 heterocycles. The van der Waals surface area contributed by atoms with E-state index in [1.165, 1.54) is 17.0 Å². The average molecular weight is 355 g/mol. The van der Waals surface area contributed by atoms with Crippen molar-refractivity contribution < 1.29 is 18.8 Å². The minimum Gasteiger partial charge on any atom is -0.391 e. The Hall–Kier alpha value is -2.19. The van der Waals surface area contributed by atoms with Crippen LogP contribution in [0.2, 0.25) is 5.02 Å². The maximum Gasteiger partial charge on any atom is 0.318 e. The summed E-state index contributed by atoms with van der Waals surface area (Å²) in [5.41, 5.74) is 0.317. The summed E-state index contributed by atoms with van der Waals surface area (Å²) >= 11 is 5.70. The van der Waals surface area contributed by atoms with E-state index in [1.54, 1.807) is 13.0 Å². The molecule has 0 spiro atoms. The first-order valence-electron chi connectivity index (χ1n) is 7.40. The van der Waals surface area contributed by atoms with Gasteiger partial charge in [-0.05, 0) is 19.1 Å². The van der Waals surface area contributed by atoms with Gasteiger partial charge in [-0.3, -0.25) is 0 Å². The Morgan fingerprint density at radius 2 is 2.38 bits per heavy atom. The predicted octanol–water partition coefficient (Wildman–Crippen LogP) is 2.19. The number of aryl methyl sites for hydroxylation is 1. The number of urea groups is 1. The Kier molecular flexibility index (Phi) is 4.68. The van der Waals surface area contributed by atoms with Crippen LogP contribution in [-0.4, -0.2) is 38.8 Å². The van der Waals surface area contributed by atoms with E-state index in [0.717, 1.165) is 0 Å². The zero-order valence-corrected chi connectivity index (χ0v) is 13.6. The average Bonchev–Trinajstić information content (AvgIpc) is 3.12. The van der Waals surface area contributed by atoms with Gasteiger partial charge < -0.3 is 19.8 Å². The van der Waals surface area contributed by atoms with Gasteiger partial charge in [0.05, 0.1) is 6.10 Å². The SMILES string of the molecule is Cc1noc([C@H]2C[C@@H](O)CN2C(=O)NCc2ccc(Cl)cc2F)n1. The van der Waals surface area contributed by atoms with Crippen molar-refractivity contribution in [3.05, 3.63) is 46.3 Å². The van der Waals surface area contributed by atoms with Crippen molar-refractivity contribution in [1.29, 1.82) is 0 Å². The molecule has 3 rings (SSSR count). The van der Waals surface area contributed by atoms with Crippen LogP contribution < -0.4 is 5.32 Å². The topological polar surface area (TPSA) is 91.5 Å². The van der Waals surface area contributed by atoms with Gasteiger partial charge in [0.25, 0.3) is 0 Å². The van der Waals surface area contributed by atoms with Gasteiger partial charge in [0.15, 0.2) is 5.82 Å². The van der Waals surface area contributed by atoms with Gasteiger partial charge in [0.1, 0.15) is 11.9 Å². The van der Waals surface area contributed by atoms with Crippen LogP contribution >= 0.6 is 11.6 Å². The van der Waals surface area contributed by atoms with Gasteiger partial charge in [-0.2, -0.15) is 4.98 Å². The van der Waals surface area contributed by atoms with E-state index < -0.39 is 24.0 Å². The normalized spacial score (nSPS) is 20.4. The third-order valence-electron chi connectivity index (χ3n) is 3.81. The molecular formula is C15H16ClFN4O3. The second kappa shape index (κ2) is 6.74. The lowest BCUT2D eigenvalue weighted by Gasteiger charge is -2.22. The van der Waals surface area contributed by atoms with Crippen LogP contribution in [0.15, 0.2) is 22.7 Å². The highest BCUT2D eigenvalue weighted by Crippen LogP contribution is 2.31. The maximum absolute atomic E-state index is 13.8. The molecule has 1 aliphatic rings. The van der Waals surface area contributed by atoms with E-state index in [1.807, 2.05) is 0 Å². The van der Waals surface area contributed by atoms with Gasteiger partial charge >= 0.3 is 6.03 Å². The third kappa shape index (κ3) is 3.49. The molecule has 1 aromatic carbocycles. The monoisotopic (exact) mass is 354 g/mol. The molecule has 1 fully saturated rings. The van der Waals surface area contributed by atoms with Crippen LogP contribution in [0.3, 0.4) is 0 Å². The molecule has 0 unspecified atom stereocenters. The standard InChI is InChI=1S/C15H16ClFN4O3/c1-8-19-14(24-20-8)13-5-11(22)7-21(13)15(23)18-6-9-2-3-10(16)4-12(9)17/h2-4,11,13,22H,5-7H2,1H3,(H,18,23)/t11-,13-/m1/s1. The molecule has 0 radical (unpaired) electrons. The second-order valence-corrected chi connectivity index (χ2v) is 6.07. The summed E-state index contributed by atoms with van der Waals surface area (Å²) in [6.07, 6.45) is -0.370. The number of halogens is 2. The van der Waals surface area contributed by atoms with Crippen molar-refractivity contribution in [1.82, 2.24) is 20.4 Å². The molecule has 24 heavy (non-hydrogen) atoms. The molecule has 1 aliphatic heterocycles. The molecule has 0 aliphatic carbocycles. The van der Waals surface area contributed by atoms with Crippen LogP contribution in [0.5, 0.6) is 0 Å². The van der Waals surface area contributed by atoms with Crippen LogP contribution in [0.1, 0.15) is 29.7 Å². The van der Waals surface area contributed by atoms with E-state index in [0.29, 0.717) is 17.8 Å². The number of nitrogens with zero attached hydrogens (tertiary/aromatic N) is 3. The zero-order chi connectivity index (χ0) is 17.3. The first-order valence-corrected chi connectivity index (χ1v) is 7.78. The molecule has 0 bridgehead atoms. The number of hydrogen-bond donors (Lipinski definition) is 2. The Bertz CT molecular complexity index is 754. The molecule has 7 nitrogen and oxygen atoms in total. The van der Waals surface area contributed by atoms with Crippen molar-refractivity contribution in [2.75, 3.05) is 6.54 Å². The molecule has 2 atom stereocenters. The van der Waals surface area contributed by atoms with E-state index >= 15 is 0 Å². The lowest BCUT2D eigenvalue weighted by molar-refractivity contribution is 0.166. The van der Waals surface area contributed by atoms with Crippen molar-refractivity contribution in [2.24, 2.45) is 0 Å². The fourth-order valence-electron chi connectivity index (χ4n) is 2.66. The molecular weight excluding hydrogens is 339 g/mol. The Morgan fingerprint density at radius 1 is 1.58 bits per heavy atom. The van der Waals surface area contributed by atoms with E-state index in [2.05, 4.69) is 15.5 Å². The first kappa shape index (κ1) is 16.7. The van der Waals surface area contributed by atoms with Gasteiger partial charge in [-0.1, -0.05) is 22.8 Å². The van der Waals surface area contributed by atoms with E-state index in [9.17, 15) is 14.3 Å². The molecule has 2 amide bonds. The fraction of sp³-hybridized carbons (Fsp3) is 0.400. The highest BCUT2D eigenvalue weighted by atomic mass is 35.5. The number of likely N-dealkylation sites (tertiary alicyclic amines) is 1. The van der Waals surface area contributed by atoms with Crippen molar-refractivity contribution >= 4 is 17.6 Å². The molecule has 0 saturated carbocycles. The number of aliphatic hydroxyl groups is 1. The minimum absolute atomic E-state index is 0.00398. The second-order valence-electron chi connectivity index (χ2n) is 5.63.